The molecule has 0 radical (unpaired) electrons. The van der Waals surface area contributed by atoms with Gasteiger partial charge in [0.05, 0.1) is 6.04 Å². The molecule has 1 aliphatic heterocycles. The van der Waals surface area contributed by atoms with Gasteiger partial charge in [-0.15, -0.1) is 0 Å². The molecular formula is C15H17BrN2O. The predicted octanol–water partition coefficient (Wildman–Crippen LogP) is 4.18. The second-order valence-corrected chi connectivity index (χ2v) is 6.69. The highest BCUT2D eigenvalue weighted by Gasteiger charge is 2.37. The average Bonchev–Trinajstić information content (AvgIpc) is 3.00. The minimum absolute atomic E-state index is 0.305. The standard InChI is InChI=1S/C15H17BrN2O/c16-10-5-6-14-12(8-10)18-15(19-14)13-7-9-3-1-2-4-11(9)17-13/h5-6,8-9,11,13,17H,1-4,7H2. The van der Waals surface area contributed by atoms with Gasteiger partial charge in [0, 0.05) is 10.5 Å². The van der Waals surface area contributed by atoms with Crippen molar-refractivity contribution >= 4 is 27.0 Å². The number of hydrogen-bond donors (Lipinski definition) is 1. The third kappa shape index (κ3) is 2.11. The van der Waals surface area contributed by atoms with Gasteiger partial charge in [-0.05, 0) is 43.4 Å². The summed E-state index contributed by atoms with van der Waals surface area (Å²) in [5.41, 5.74) is 1.83. The highest BCUT2D eigenvalue weighted by Crippen LogP contribution is 2.39. The van der Waals surface area contributed by atoms with Gasteiger partial charge >= 0.3 is 0 Å². The lowest BCUT2D eigenvalue weighted by Crippen LogP contribution is -2.30. The number of benzene rings is 1. The van der Waals surface area contributed by atoms with Crippen LogP contribution in [0.5, 0.6) is 0 Å². The average molecular weight is 321 g/mol. The van der Waals surface area contributed by atoms with Crippen molar-refractivity contribution in [3.63, 3.8) is 0 Å². The van der Waals surface area contributed by atoms with E-state index in [-0.39, 0.29) is 0 Å². The van der Waals surface area contributed by atoms with Crippen molar-refractivity contribution in [2.45, 2.75) is 44.2 Å². The number of nitrogens with zero attached hydrogens (tertiary/aromatic N) is 1. The zero-order chi connectivity index (χ0) is 12.8. The van der Waals surface area contributed by atoms with Crippen LogP contribution in [0.15, 0.2) is 27.1 Å². The molecule has 2 aromatic rings. The normalized spacial score (nSPS) is 30.7. The Labute approximate surface area is 120 Å². The molecule has 100 valence electrons. The van der Waals surface area contributed by atoms with Gasteiger partial charge in [0.2, 0.25) is 5.89 Å². The lowest BCUT2D eigenvalue weighted by atomic mass is 9.85. The first-order valence-electron chi connectivity index (χ1n) is 7.11. The Morgan fingerprint density at radius 1 is 1.26 bits per heavy atom. The third-order valence-electron chi connectivity index (χ3n) is 4.53. The van der Waals surface area contributed by atoms with E-state index in [1.54, 1.807) is 0 Å². The minimum atomic E-state index is 0.305. The van der Waals surface area contributed by atoms with E-state index < -0.39 is 0 Å². The van der Waals surface area contributed by atoms with Crippen LogP contribution in [0.2, 0.25) is 0 Å². The molecule has 1 N–H and O–H groups in total. The lowest BCUT2D eigenvalue weighted by Gasteiger charge is -2.24. The summed E-state index contributed by atoms with van der Waals surface area (Å²) >= 11 is 3.48. The fourth-order valence-electron chi connectivity index (χ4n) is 3.58. The first-order valence-corrected chi connectivity index (χ1v) is 7.91. The van der Waals surface area contributed by atoms with Crippen LogP contribution in [0.1, 0.15) is 44.0 Å². The molecule has 1 aromatic carbocycles. The van der Waals surface area contributed by atoms with Crippen LogP contribution in [-0.4, -0.2) is 11.0 Å². The maximum atomic E-state index is 5.92. The maximum Gasteiger partial charge on any atom is 0.212 e. The van der Waals surface area contributed by atoms with Crippen molar-refractivity contribution in [3.05, 3.63) is 28.6 Å². The smallest absolute Gasteiger partial charge is 0.212 e. The molecule has 1 saturated heterocycles. The van der Waals surface area contributed by atoms with Gasteiger partial charge in [-0.1, -0.05) is 28.8 Å². The van der Waals surface area contributed by atoms with Gasteiger partial charge < -0.3 is 9.73 Å². The molecule has 3 atom stereocenters. The number of fused-ring (bicyclic) bond motifs is 2. The molecule has 4 rings (SSSR count). The molecule has 2 heterocycles. The Kier molecular flexibility index (Phi) is 2.88. The molecule has 0 spiro atoms. The first-order chi connectivity index (χ1) is 9.29. The fraction of sp³-hybridized carbons (Fsp3) is 0.533. The van der Waals surface area contributed by atoms with Crippen LogP contribution in [-0.2, 0) is 0 Å². The Morgan fingerprint density at radius 2 is 2.16 bits per heavy atom. The maximum absolute atomic E-state index is 5.92. The number of nitrogens with one attached hydrogen (secondary N) is 1. The van der Waals surface area contributed by atoms with Crippen molar-refractivity contribution in [2.24, 2.45) is 5.92 Å². The van der Waals surface area contributed by atoms with Crippen LogP contribution in [0.3, 0.4) is 0 Å². The summed E-state index contributed by atoms with van der Waals surface area (Å²) in [5.74, 6) is 1.68. The van der Waals surface area contributed by atoms with Crippen LogP contribution in [0.25, 0.3) is 11.1 Å². The fourth-order valence-corrected chi connectivity index (χ4v) is 3.93. The number of rotatable bonds is 1. The summed E-state index contributed by atoms with van der Waals surface area (Å²) in [6.07, 6.45) is 6.60. The molecule has 2 fully saturated rings. The van der Waals surface area contributed by atoms with Crippen molar-refractivity contribution in [1.29, 1.82) is 0 Å². The van der Waals surface area contributed by atoms with Crippen molar-refractivity contribution < 1.29 is 4.42 Å². The van der Waals surface area contributed by atoms with Gasteiger partial charge in [-0.3, -0.25) is 0 Å². The zero-order valence-electron chi connectivity index (χ0n) is 10.7. The molecule has 3 nitrogen and oxygen atoms in total. The number of oxazole rings is 1. The molecule has 19 heavy (non-hydrogen) atoms. The number of halogens is 1. The largest absolute Gasteiger partial charge is 0.439 e. The van der Waals surface area contributed by atoms with Gasteiger partial charge in [-0.2, -0.15) is 0 Å². The Balaban J connectivity index is 1.64. The van der Waals surface area contributed by atoms with E-state index in [0.29, 0.717) is 12.1 Å². The highest BCUT2D eigenvalue weighted by atomic mass is 79.9. The van der Waals surface area contributed by atoms with E-state index in [4.69, 9.17) is 4.42 Å². The van der Waals surface area contributed by atoms with Crippen molar-refractivity contribution in [2.75, 3.05) is 0 Å². The van der Waals surface area contributed by atoms with Crippen LogP contribution in [0, 0.1) is 5.92 Å². The molecule has 1 aliphatic carbocycles. The Hall–Kier alpha value is -0.870. The molecule has 1 saturated carbocycles. The van der Waals surface area contributed by atoms with Crippen LogP contribution < -0.4 is 5.32 Å². The minimum Gasteiger partial charge on any atom is -0.439 e. The van der Waals surface area contributed by atoms with E-state index in [0.717, 1.165) is 27.4 Å². The monoisotopic (exact) mass is 320 g/mol. The van der Waals surface area contributed by atoms with Crippen molar-refractivity contribution in [3.8, 4) is 0 Å². The SMILES string of the molecule is Brc1ccc2oc(C3CC4CCCCC4N3)nc2c1. The molecule has 0 bridgehead atoms. The summed E-state index contributed by atoms with van der Waals surface area (Å²) in [5, 5.41) is 3.72. The lowest BCUT2D eigenvalue weighted by molar-refractivity contribution is 0.325. The van der Waals surface area contributed by atoms with Crippen LogP contribution >= 0.6 is 15.9 Å². The second kappa shape index (κ2) is 4.60. The van der Waals surface area contributed by atoms with E-state index in [1.807, 2.05) is 18.2 Å². The molecule has 1 aromatic heterocycles. The molecule has 2 aliphatic rings. The van der Waals surface area contributed by atoms with E-state index in [9.17, 15) is 0 Å². The number of hydrogen-bond acceptors (Lipinski definition) is 3. The molecule has 3 unspecified atom stereocenters. The summed E-state index contributed by atoms with van der Waals surface area (Å²) in [7, 11) is 0. The van der Waals surface area contributed by atoms with Gasteiger partial charge in [0.25, 0.3) is 0 Å². The molecule has 0 amide bonds. The predicted molar refractivity (Wildman–Crippen MR) is 77.9 cm³/mol. The quantitative estimate of drug-likeness (QED) is 0.856. The van der Waals surface area contributed by atoms with E-state index >= 15 is 0 Å². The molecule has 4 heteroatoms. The van der Waals surface area contributed by atoms with Gasteiger partial charge in [-0.25, -0.2) is 4.98 Å². The van der Waals surface area contributed by atoms with Crippen LogP contribution in [0.4, 0.5) is 0 Å². The Morgan fingerprint density at radius 3 is 3.05 bits per heavy atom. The third-order valence-corrected chi connectivity index (χ3v) is 5.02. The van der Waals surface area contributed by atoms with Crippen molar-refractivity contribution in [1.82, 2.24) is 10.3 Å². The summed E-state index contributed by atoms with van der Waals surface area (Å²) in [6.45, 7) is 0. The highest BCUT2D eigenvalue weighted by molar-refractivity contribution is 9.10. The Bertz CT molecular complexity index is 595. The van der Waals surface area contributed by atoms with E-state index in [1.165, 1.54) is 32.1 Å². The second-order valence-electron chi connectivity index (χ2n) is 5.77. The zero-order valence-corrected chi connectivity index (χ0v) is 12.3. The molecular weight excluding hydrogens is 304 g/mol. The summed E-state index contributed by atoms with van der Waals surface area (Å²) < 4.78 is 6.97. The summed E-state index contributed by atoms with van der Waals surface area (Å²) in [6, 6.07) is 6.99. The van der Waals surface area contributed by atoms with E-state index in [2.05, 4.69) is 26.2 Å². The van der Waals surface area contributed by atoms with Gasteiger partial charge in [0.15, 0.2) is 5.58 Å². The number of aromatic nitrogens is 1. The summed E-state index contributed by atoms with van der Waals surface area (Å²) in [4.78, 5) is 4.65. The first kappa shape index (κ1) is 11.9. The topological polar surface area (TPSA) is 38.1 Å². The van der Waals surface area contributed by atoms with Gasteiger partial charge in [0.1, 0.15) is 5.52 Å².